The summed E-state index contributed by atoms with van der Waals surface area (Å²) in [5, 5.41) is 12.2. The van der Waals surface area contributed by atoms with Crippen LogP contribution in [0.2, 0.25) is 0 Å². The molecule has 0 saturated heterocycles. The van der Waals surface area contributed by atoms with Crippen molar-refractivity contribution in [3.8, 4) is 11.5 Å². The fourth-order valence-electron chi connectivity index (χ4n) is 2.74. The number of ether oxygens (including phenoxy) is 1. The molecule has 2 rings (SSSR count). The first kappa shape index (κ1) is 23.6. The average molecular weight is 418 g/mol. The van der Waals surface area contributed by atoms with Gasteiger partial charge in [-0.1, -0.05) is 39.5 Å². The van der Waals surface area contributed by atoms with Crippen LogP contribution in [0.25, 0.3) is 0 Å². The van der Waals surface area contributed by atoms with Crippen molar-refractivity contribution in [2.75, 3.05) is 0 Å². The first-order chi connectivity index (χ1) is 13.8. The van der Waals surface area contributed by atoms with E-state index in [2.05, 4.69) is 32.9 Å². The summed E-state index contributed by atoms with van der Waals surface area (Å²) < 4.78 is 6.15. The van der Waals surface area contributed by atoms with Crippen molar-refractivity contribution in [3.05, 3.63) is 53.7 Å². The standard InChI is InChI=1S/C24H35NO3S/c1-7-23(5,8-2)25(26)28-20-13-17-22(18-14-20)29-21-15-11-19(12-16-21)27-24(6,9-3)10-4/h11-18,25H,7-10H2,1-6H3. The average Bonchev–Trinajstić information content (AvgIpc) is 2.75. The molecule has 0 heterocycles. The second kappa shape index (κ2) is 10.4. The molecule has 0 amide bonds. The van der Waals surface area contributed by atoms with Gasteiger partial charge in [0, 0.05) is 22.6 Å². The van der Waals surface area contributed by atoms with Crippen LogP contribution in [0.3, 0.4) is 0 Å². The number of hydroxylamine groups is 2. The summed E-state index contributed by atoms with van der Waals surface area (Å²) in [6.45, 7) is 12.4. The van der Waals surface area contributed by atoms with E-state index in [1.807, 2.05) is 57.2 Å². The Labute approximate surface area is 180 Å². The summed E-state index contributed by atoms with van der Waals surface area (Å²) in [6, 6.07) is 15.9. The van der Waals surface area contributed by atoms with E-state index in [1.54, 1.807) is 11.8 Å². The van der Waals surface area contributed by atoms with Crippen LogP contribution in [0.4, 0.5) is 0 Å². The minimum absolute atomic E-state index is 0.118. The molecule has 0 fully saturated rings. The summed E-state index contributed by atoms with van der Waals surface area (Å²) in [4.78, 5) is 7.82. The van der Waals surface area contributed by atoms with E-state index in [9.17, 15) is 5.21 Å². The van der Waals surface area contributed by atoms with Gasteiger partial charge < -0.3 is 14.8 Å². The normalized spacial score (nSPS) is 13.2. The molecule has 2 aromatic carbocycles. The smallest absolute Gasteiger partial charge is 0.190 e. The van der Waals surface area contributed by atoms with E-state index < -0.39 is 5.54 Å². The third-order valence-corrected chi connectivity index (χ3v) is 7.02. The maximum Gasteiger partial charge on any atom is 0.190 e. The van der Waals surface area contributed by atoms with Crippen LogP contribution in [0.1, 0.15) is 67.2 Å². The summed E-state index contributed by atoms with van der Waals surface area (Å²) in [5.74, 6) is 1.49. The molecule has 1 atom stereocenters. The molecular weight excluding hydrogens is 382 g/mol. The Kier molecular flexibility index (Phi) is 8.44. The highest BCUT2D eigenvalue weighted by Crippen LogP contribution is 2.31. The van der Waals surface area contributed by atoms with Crippen LogP contribution < -0.4 is 14.8 Å². The predicted octanol–water partition coefficient (Wildman–Crippen LogP) is 6.05. The molecule has 0 radical (unpaired) electrons. The lowest BCUT2D eigenvalue weighted by Crippen LogP contribution is -3.17. The van der Waals surface area contributed by atoms with Gasteiger partial charge in [-0.2, -0.15) is 5.23 Å². The van der Waals surface area contributed by atoms with Crippen molar-refractivity contribution in [1.29, 1.82) is 0 Å². The molecule has 0 bridgehead atoms. The summed E-state index contributed by atoms with van der Waals surface area (Å²) in [6.07, 6.45) is 3.50. The van der Waals surface area contributed by atoms with E-state index in [4.69, 9.17) is 9.57 Å². The molecule has 0 aliphatic rings. The Balaban J connectivity index is 1.97. The van der Waals surface area contributed by atoms with Crippen molar-refractivity contribution in [1.82, 2.24) is 0 Å². The van der Waals surface area contributed by atoms with Gasteiger partial charge in [-0.15, -0.1) is 0 Å². The molecule has 0 aliphatic heterocycles. The van der Waals surface area contributed by atoms with E-state index in [-0.39, 0.29) is 10.8 Å². The summed E-state index contributed by atoms with van der Waals surface area (Å²) >= 11 is 1.67. The molecule has 5 heteroatoms. The van der Waals surface area contributed by atoms with Gasteiger partial charge in [0.05, 0.1) is 0 Å². The maximum absolute atomic E-state index is 12.4. The molecule has 1 unspecified atom stereocenters. The fraction of sp³-hybridized carbons (Fsp3) is 0.500. The van der Waals surface area contributed by atoms with Crippen molar-refractivity contribution in [2.24, 2.45) is 0 Å². The molecule has 1 N–H and O–H groups in total. The zero-order valence-corrected chi connectivity index (χ0v) is 19.4. The molecule has 0 aliphatic carbocycles. The van der Waals surface area contributed by atoms with E-state index >= 15 is 0 Å². The zero-order chi connectivity index (χ0) is 21.5. The highest BCUT2D eigenvalue weighted by molar-refractivity contribution is 7.99. The molecule has 2 aromatic rings. The largest absolute Gasteiger partial charge is 0.590 e. The van der Waals surface area contributed by atoms with Gasteiger partial charge in [0.2, 0.25) is 0 Å². The SMILES string of the molecule is CCC(C)(CC)Oc1ccc(Sc2ccc(O[NH+]([O-])C(C)(CC)CC)cc2)cc1. The van der Waals surface area contributed by atoms with Crippen LogP contribution in [0, 0.1) is 5.21 Å². The van der Waals surface area contributed by atoms with Gasteiger partial charge in [0.1, 0.15) is 16.9 Å². The van der Waals surface area contributed by atoms with E-state index in [0.717, 1.165) is 41.2 Å². The lowest BCUT2D eigenvalue weighted by molar-refractivity contribution is -1.06. The summed E-state index contributed by atoms with van der Waals surface area (Å²) in [5.41, 5.74) is -0.545. The highest BCUT2D eigenvalue weighted by Gasteiger charge is 2.29. The number of hydrogen-bond donors (Lipinski definition) is 1. The van der Waals surface area contributed by atoms with Gasteiger partial charge in [-0.3, -0.25) is 0 Å². The van der Waals surface area contributed by atoms with Crippen molar-refractivity contribution in [3.63, 3.8) is 0 Å². The lowest BCUT2D eigenvalue weighted by Gasteiger charge is -2.36. The quantitative estimate of drug-likeness (QED) is 0.452. The first-order valence-corrected chi connectivity index (χ1v) is 11.4. The lowest BCUT2D eigenvalue weighted by atomic mass is 9.97. The molecule has 0 saturated carbocycles. The van der Waals surface area contributed by atoms with Crippen molar-refractivity contribution < 1.29 is 14.8 Å². The van der Waals surface area contributed by atoms with Crippen LogP contribution in [0.5, 0.6) is 11.5 Å². The van der Waals surface area contributed by atoms with Crippen LogP contribution >= 0.6 is 11.8 Å². The second-order valence-corrected chi connectivity index (χ2v) is 9.11. The van der Waals surface area contributed by atoms with Gasteiger partial charge in [-0.25, -0.2) is 0 Å². The maximum atomic E-state index is 12.4. The minimum Gasteiger partial charge on any atom is -0.590 e. The monoisotopic (exact) mass is 417 g/mol. The van der Waals surface area contributed by atoms with Gasteiger partial charge in [-0.05, 0) is 75.2 Å². The molecular formula is C24H35NO3S. The first-order valence-electron chi connectivity index (χ1n) is 10.6. The Morgan fingerprint density at radius 3 is 1.62 bits per heavy atom. The predicted molar refractivity (Wildman–Crippen MR) is 121 cm³/mol. The van der Waals surface area contributed by atoms with Crippen LogP contribution in [-0.2, 0) is 0 Å². The molecule has 29 heavy (non-hydrogen) atoms. The van der Waals surface area contributed by atoms with Gasteiger partial charge in [0.25, 0.3) is 0 Å². The van der Waals surface area contributed by atoms with Gasteiger partial charge >= 0.3 is 0 Å². The van der Waals surface area contributed by atoms with Crippen LogP contribution in [0.15, 0.2) is 58.3 Å². The molecule has 0 spiro atoms. The Bertz CT molecular complexity index is 738. The number of quaternary nitrogens is 1. The number of hydrogen-bond acceptors (Lipinski definition) is 4. The second-order valence-electron chi connectivity index (χ2n) is 7.96. The van der Waals surface area contributed by atoms with Crippen molar-refractivity contribution in [2.45, 2.75) is 88.2 Å². The molecule has 4 nitrogen and oxygen atoms in total. The number of benzene rings is 2. The Morgan fingerprint density at radius 2 is 1.21 bits per heavy atom. The molecule has 160 valence electrons. The fourth-order valence-corrected chi connectivity index (χ4v) is 3.55. The topological polar surface area (TPSA) is 46.0 Å². The third kappa shape index (κ3) is 6.39. The highest BCUT2D eigenvalue weighted by atomic mass is 32.2. The number of nitrogens with one attached hydrogen (secondary N) is 1. The summed E-state index contributed by atoms with van der Waals surface area (Å²) in [7, 11) is 0. The van der Waals surface area contributed by atoms with Crippen molar-refractivity contribution >= 4 is 11.8 Å². The van der Waals surface area contributed by atoms with E-state index in [0.29, 0.717) is 5.75 Å². The van der Waals surface area contributed by atoms with E-state index in [1.165, 1.54) is 0 Å². The molecule has 0 aromatic heterocycles. The number of rotatable bonds is 11. The minimum atomic E-state index is -0.428. The third-order valence-electron chi connectivity index (χ3n) is 6.01. The Hall–Kier alpha value is -1.69. The van der Waals surface area contributed by atoms with Crippen LogP contribution in [-0.4, -0.2) is 11.1 Å². The zero-order valence-electron chi connectivity index (χ0n) is 18.6. The van der Waals surface area contributed by atoms with Gasteiger partial charge in [0.15, 0.2) is 5.75 Å². The Morgan fingerprint density at radius 1 is 0.759 bits per heavy atom.